The van der Waals surface area contributed by atoms with Crippen molar-refractivity contribution in [1.82, 2.24) is 24.8 Å². The number of aryl methyl sites for hydroxylation is 2. The molecular weight excluding hydrogens is 712 g/mol. The Kier molecular flexibility index (Phi) is 9.25. The van der Waals surface area contributed by atoms with Gasteiger partial charge in [-0.05, 0) is 69.4 Å². The molecule has 4 amide bonds. The van der Waals surface area contributed by atoms with Crippen LogP contribution in [0, 0.1) is 11.7 Å². The number of anilines is 1. The monoisotopic (exact) mass is 754 g/mol. The SMILES string of the molecule is O=C1N[C@]2(C(=O)NS(=O)(=O)C3CC3)C[C@H]2C=CCCCCC[C@H](Nc2nc3c(s2)CCC3)C(=O)N2C[C@H](OC(=O)N3Cc4cccc(F)c4C3)C[C@@H]12. The van der Waals surface area contributed by atoms with Gasteiger partial charge in [0, 0.05) is 29.3 Å². The zero-order chi connectivity index (χ0) is 36.2. The van der Waals surface area contributed by atoms with Crippen molar-refractivity contribution in [3.05, 3.63) is 57.9 Å². The van der Waals surface area contributed by atoms with E-state index in [4.69, 9.17) is 9.72 Å². The summed E-state index contributed by atoms with van der Waals surface area (Å²) in [6, 6.07) is 2.88. The normalized spacial score (nSPS) is 28.9. The molecule has 1 aromatic heterocycles. The Hall–Kier alpha value is -4.05. The summed E-state index contributed by atoms with van der Waals surface area (Å²) in [5.41, 5.74) is 0.664. The maximum atomic E-state index is 14.5. The molecule has 13 nitrogen and oxygen atoms in total. The number of halogens is 1. The predicted molar refractivity (Wildman–Crippen MR) is 189 cm³/mol. The van der Waals surface area contributed by atoms with E-state index in [1.165, 1.54) is 20.7 Å². The number of ether oxygens (including phenoxy) is 1. The number of nitrogens with one attached hydrogen (secondary N) is 3. The van der Waals surface area contributed by atoms with Crippen LogP contribution >= 0.6 is 11.3 Å². The highest BCUT2D eigenvalue weighted by Gasteiger charge is 2.62. The van der Waals surface area contributed by atoms with Crippen LogP contribution in [0.5, 0.6) is 0 Å². The van der Waals surface area contributed by atoms with Gasteiger partial charge in [-0.2, -0.15) is 0 Å². The van der Waals surface area contributed by atoms with E-state index in [9.17, 15) is 32.0 Å². The molecule has 8 rings (SSSR count). The Bertz CT molecular complexity index is 1910. The third-order valence-corrected chi connectivity index (χ3v) is 14.1. The lowest BCUT2D eigenvalue weighted by Crippen LogP contribution is -2.57. The number of carbonyl (C=O) groups excluding carboxylic acids is 4. The highest BCUT2D eigenvalue weighted by Crippen LogP contribution is 2.46. The van der Waals surface area contributed by atoms with Crippen LogP contribution in [-0.2, 0) is 55.1 Å². The topological polar surface area (TPSA) is 167 Å². The minimum absolute atomic E-state index is 0.0324. The molecule has 2 saturated carbocycles. The second-order valence-corrected chi connectivity index (χ2v) is 18.0. The summed E-state index contributed by atoms with van der Waals surface area (Å²) >= 11 is 1.54. The first kappa shape index (κ1) is 35.0. The molecule has 5 atom stereocenters. The Morgan fingerprint density at radius 2 is 1.92 bits per heavy atom. The van der Waals surface area contributed by atoms with Gasteiger partial charge in [0.2, 0.25) is 21.8 Å². The van der Waals surface area contributed by atoms with Crippen molar-refractivity contribution in [3.63, 3.8) is 0 Å². The lowest BCUT2D eigenvalue weighted by Gasteiger charge is -2.29. The summed E-state index contributed by atoms with van der Waals surface area (Å²) < 4.78 is 48.1. The molecule has 6 aliphatic rings. The summed E-state index contributed by atoms with van der Waals surface area (Å²) in [4.78, 5) is 64.7. The van der Waals surface area contributed by atoms with Gasteiger partial charge in [0.15, 0.2) is 5.13 Å². The fourth-order valence-electron chi connectivity index (χ4n) is 7.98. The Morgan fingerprint density at radius 3 is 2.71 bits per heavy atom. The Morgan fingerprint density at radius 1 is 1.08 bits per heavy atom. The van der Waals surface area contributed by atoms with E-state index >= 15 is 0 Å². The standard InChI is InChI=1S/C36H43FN6O7S2/c37-26-10-6-8-21-18-42(20-25(21)26)35(47)50-23-16-29-31(44)40-36(33(46)41-52(48,49)24-14-15-24)17-22(36)9-4-2-1-3-5-11-28(32(45)43(29)19-23)39-34-38-27-12-7-13-30(27)51-34/h4,6,8-10,22-24,28-29H,1-3,5,7,11-20H2,(H,38,39)(H,40,44)(H,41,46)/t22-,23-,28+,29+,36-/m1/s1. The van der Waals surface area contributed by atoms with E-state index in [0.29, 0.717) is 35.5 Å². The number of fused-ring (bicyclic) bond motifs is 4. The molecule has 3 aliphatic heterocycles. The van der Waals surface area contributed by atoms with E-state index in [2.05, 4.69) is 15.4 Å². The molecule has 0 bridgehead atoms. The molecule has 0 radical (unpaired) electrons. The van der Waals surface area contributed by atoms with E-state index in [0.717, 1.165) is 50.6 Å². The fraction of sp³-hybridized carbons (Fsp3) is 0.583. The van der Waals surface area contributed by atoms with Gasteiger partial charge < -0.3 is 20.3 Å². The van der Waals surface area contributed by atoms with Crippen LogP contribution in [0.1, 0.15) is 85.9 Å². The molecule has 3 fully saturated rings. The van der Waals surface area contributed by atoms with Gasteiger partial charge in [-0.1, -0.05) is 37.1 Å². The molecule has 4 heterocycles. The highest BCUT2D eigenvalue weighted by molar-refractivity contribution is 7.91. The molecule has 3 N–H and O–H groups in total. The molecule has 2 aromatic rings. The lowest BCUT2D eigenvalue weighted by molar-refractivity contribution is -0.140. The first-order valence-electron chi connectivity index (χ1n) is 18.3. The van der Waals surface area contributed by atoms with Crippen LogP contribution in [0.2, 0.25) is 0 Å². The summed E-state index contributed by atoms with van der Waals surface area (Å²) in [6.07, 6.45) is 10.0. The molecule has 16 heteroatoms. The zero-order valence-electron chi connectivity index (χ0n) is 28.8. The van der Waals surface area contributed by atoms with Crippen molar-refractivity contribution in [2.75, 3.05) is 11.9 Å². The predicted octanol–water partition coefficient (Wildman–Crippen LogP) is 3.68. The molecule has 1 aromatic carbocycles. The average Bonchev–Trinajstić information content (AvgIpc) is 3.82. The van der Waals surface area contributed by atoms with Crippen LogP contribution in [0.3, 0.4) is 0 Å². The van der Waals surface area contributed by atoms with Crippen molar-refractivity contribution in [1.29, 1.82) is 0 Å². The summed E-state index contributed by atoms with van der Waals surface area (Å²) in [6.45, 7) is 0.147. The number of rotatable bonds is 6. The van der Waals surface area contributed by atoms with Crippen molar-refractivity contribution in [2.24, 2.45) is 5.92 Å². The highest BCUT2D eigenvalue weighted by atomic mass is 32.2. The summed E-state index contributed by atoms with van der Waals surface area (Å²) in [5.74, 6) is -2.59. The quantitative estimate of drug-likeness (QED) is 0.373. The molecule has 0 unspecified atom stereocenters. The number of hydrogen-bond donors (Lipinski definition) is 3. The number of allylic oxidation sites excluding steroid dienone is 1. The summed E-state index contributed by atoms with van der Waals surface area (Å²) in [7, 11) is -3.88. The maximum absolute atomic E-state index is 14.5. The van der Waals surface area contributed by atoms with Crippen LogP contribution < -0.4 is 15.4 Å². The molecule has 1 saturated heterocycles. The Labute approximate surface area is 305 Å². The van der Waals surface area contributed by atoms with Crippen molar-refractivity contribution < 1.29 is 36.7 Å². The van der Waals surface area contributed by atoms with Gasteiger partial charge in [-0.25, -0.2) is 22.6 Å². The second kappa shape index (κ2) is 13.7. The number of amides is 4. The summed E-state index contributed by atoms with van der Waals surface area (Å²) in [5, 5.41) is 6.26. The van der Waals surface area contributed by atoms with Crippen LogP contribution in [0.4, 0.5) is 14.3 Å². The number of nitrogens with zero attached hydrogens (tertiary/aromatic N) is 3. The third kappa shape index (κ3) is 6.91. The Balaban J connectivity index is 1.05. The number of thiazole rings is 1. The van der Waals surface area contributed by atoms with Crippen LogP contribution in [0.25, 0.3) is 0 Å². The van der Waals surface area contributed by atoms with Gasteiger partial charge >= 0.3 is 6.09 Å². The van der Waals surface area contributed by atoms with Crippen molar-refractivity contribution in [3.8, 4) is 0 Å². The fourth-order valence-corrected chi connectivity index (χ4v) is 10.4. The lowest BCUT2D eigenvalue weighted by atomic mass is 10.1. The minimum atomic E-state index is -3.88. The van der Waals surface area contributed by atoms with Gasteiger partial charge in [0.1, 0.15) is 29.5 Å². The molecule has 3 aliphatic carbocycles. The minimum Gasteiger partial charge on any atom is -0.444 e. The second-order valence-electron chi connectivity index (χ2n) is 14.9. The zero-order valence-corrected chi connectivity index (χ0v) is 30.4. The maximum Gasteiger partial charge on any atom is 0.410 e. The largest absolute Gasteiger partial charge is 0.444 e. The van der Waals surface area contributed by atoms with Gasteiger partial charge in [-0.3, -0.25) is 24.0 Å². The van der Waals surface area contributed by atoms with E-state index in [1.54, 1.807) is 23.5 Å². The van der Waals surface area contributed by atoms with Gasteiger partial charge in [0.25, 0.3) is 5.91 Å². The number of carbonyl (C=O) groups is 4. The van der Waals surface area contributed by atoms with E-state index < -0.39 is 68.6 Å². The van der Waals surface area contributed by atoms with E-state index in [1.807, 2.05) is 12.2 Å². The molecular formula is C36H43FN6O7S2. The van der Waals surface area contributed by atoms with Gasteiger partial charge in [0.05, 0.1) is 24.0 Å². The number of benzene rings is 1. The first-order valence-corrected chi connectivity index (χ1v) is 20.7. The van der Waals surface area contributed by atoms with E-state index in [-0.39, 0.29) is 38.4 Å². The smallest absolute Gasteiger partial charge is 0.410 e. The average molecular weight is 755 g/mol. The van der Waals surface area contributed by atoms with Crippen molar-refractivity contribution in [2.45, 2.75) is 119 Å². The molecule has 52 heavy (non-hydrogen) atoms. The molecule has 278 valence electrons. The van der Waals surface area contributed by atoms with Crippen LogP contribution in [0.15, 0.2) is 30.4 Å². The number of hydrogen-bond acceptors (Lipinski definition) is 10. The third-order valence-electron chi connectivity index (χ3n) is 11.2. The number of aromatic nitrogens is 1. The number of sulfonamides is 1. The van der Waals surface area contributed by atoms with Crippen molar-refractivity contribution >= 4 is 50.3 Å². The van der Waals surface area contributed by atoms with Crippen LogP contribution in [-0.4, -0.2) is 82.5 Å². The molecule has 0 spiro atoms. The van der Waals surface area contributed by atoms with Gasteiger partial charge in [-0.15, -0.1) is 11.3 Å². The first-order chi connectivity index (χ1) is 25.0.